The number of carbonyl (C=O) groups excluding carboxylic acids is 2. The molecule has 1 aromatic carbocycles. The zero-order valence-electron chi connectivity index (χ0n) is 16.2. The monoisotopic (exact) mass is 412 g/mol. The summed E-state index contributed by atoms with van der Waals surface area (Å²) in [6, 6.07) is 8.73. The number of aryl methyl sites for hydroxylation is 1. The zero-order chi connectivity index (χ0) is 20.9. The fraction of sp³-hybridized carbons (Fsp3) is 0.300. The highest BCUT2D eigenvalue weighted by molar-refractivity contribution is 8.00. The molecule has 2 N–H and O–H groups in total. The van der Waals surface area contributed by atoms with E-state index >= 15 is 0 Å². The number of aliphatic carboxylic acids is 1. The Kier molecular flexibility index (Phi) is 4.70. The number of rotatable bonds is 4. The van der Waals surface area contributed by atoms with Gasteiger partial charge in [-0.1, -0.05) is 18.2 Å². The highest BCUT2D eigenvalue weighted by Crippen LogP contribution is 2.40. The van der Waals surface area contributed by atoms with Crippen molar-refractivity contribution in [3.8, 4) is 5.69 Å². The van der Waals surface area contributed by atoms with Crippen molar-refractivity contribution < 1.29 is 19.5 Å². The number of para-hydroxylation sites is 1. The summed E-state index contributed by atoms with van der Waals surface area (Å²) < 4.78 is 1.70. The third-order valence-electron chi connectivity index (χ3n) is 5.17. The van der Waals surface area contributed by atoms with Gasteiger partial charge in [-0.3, -0.25) is 14.5 Å². The summed E-state index contributed by atoms with van der Waals surface area (Å²) in [6.07, 6.45) is 0. The molecule has 2 aliphatic heterocycles. The lowest BCUT2D eigenvalue weighted by Gasteiger charge is -2.49. The molecule has 0 spiro atoms. The Labute approximate surface area is 171 Å². The molecule has 3 heterocycles. The zero-order valence-corrected chi connectivity index (χ0v) is 17.0. The molecule has 29 heavy (non-hydrogen) atoms. The van der Waals surface area contributed by atoms with Crippen molar-refractivity contribution in [2.75, 3.05) is 5.75 Å². The van der Waals surface area contributed by atoms with Crippen LogP contribution in [0.2, 0.25) is 0 Å². The van der Waals surface area contributed by atoms with Crippen molar-refractivity contribution >= 4 is 29.5 Å². The minimum atomic E-state index is -1.12. The summed E-state index contributed by atoms with van der Waals surface area (Å²) in [6.45, 7) is 5.26. The van der Waals surface area contributed by atoms with E-state index in [1.54, 1.807) is 25.5 Å². The molecule has 2 aromatic rings. The summed E-state index contributed by atoms with van der Waals surface area (Å²) in [5.41, 5.74) is 3.17. The van der Waals surface area contributed by atoms with E-state index in [0.717, 1.165) is 5.69 Å². The number of hydrogen-bond acceptors (Lipinski definition) is 5. The van der Waals surface area contributed by atoms with E-state index in [2.05, 4.69) is 10.4 Å². The summed E-state index contributed by atoms with van der Waals surface area (Å²) in [5, 5.41) is 16.3. The predicted octanol–water partition coefficient (Wildman–Crippen LogP) is 1.86. The van der Waals surface area contributed by atoms with Gasteiger partial charge in [0.05, 0.1) is 22.6 Å². The minimum Gasteiger partial charge on any atom is -0.477 e. The number of carboxylic acids is 1. The van der Waals surface area contributed by atoms with Crippen molar-refractivity contribution in [3.05, 3.63) is 58.6 Å². The number of amides is 2. The molecule has 4 rings (SSSR count). The molecular formula is C20H20N4O4S. The number of nitrogens with one attached hydrogen (secondary N) is 1. The highest BCUT2D eigenvalue weighted by atomic mass is 32.2. The van der Waals surface area contributed by atoms with Gasteiger partial charge in [0.15, 0.2) is 0 Å². The molecule has 1 fully saturated rings. The van der Waals surface area contributed by atoms with Crippen molar-refractivity contribution in [2.24, 2.45) is 0 Å². The van der Waals surface area contributed by atoms with Gasteiger partial charge >= 0.3 is 5.97 Å². The average Bonchev–Trinajstić information content (AvgIpc) is 3.00. The maximum absolute atomic E-state index is 13.0. The van der Waals surface area contributed by atoms with E-state index in [0.29, 0.717) is 28.3 Å². The van der Waals surface area contributed by atoms with Crippen molar-refractivity contribution in [1.82, 2.24) is 20.0 Å². The SMILES string of the molecule is CC1=C(C(=O)O)N2C(=O)[C@H](NC(=O)c3c(C)nn(-c4ccccc4)c3C)[C@@H]2SC1. The highest BCUT2D eigenvalue weighted by Gasteiger charge is 2.53. The lowest BCUT2D eigenvalue weighted by Crippen LogP contribution is -2.70. The van der Waals surface area contributed by atoms with Gasteiger partial charge in [-0.15, -0.1) is 11.8 Å². The third kappa shape index (κ3) is 3.02. The first-order valence-electron chi connectivity index (χ1n) is 9.11. The van der Waals surface area contributed by atoms with E-state index in [-0.39, 0.29) is 11.6 Å². The number of carbonyl (C=O) groups is 3. The molecule has 0 saturated carbocycles. The maximum Gasteiger partial charge on any atom is 0.352 e. The Morgan fingerprint density at radius 1 is 1.21 bits per heavy atom. The number of aromatic nitrogens is 2. The maximum atomic E-state index is 13.0. The Morgan fingerprint density at radius 3 is 2.55 bits per heavy atom. The van der Waals surface area contributed by atoms with Crippen LogP contribution in [0.1, 0.15) is 28.7 Å². The number of benzene rings is 1. The fourth-order valence-corrected chi connectivity index (χ4v) is 5.07. The molecule has 2 amide bonds. The summed E-state index contributed by atoms with van der Waals surface area (Å²) >= 11 is 1.45. The Hall–Kier alpha value is -3.07. The van der Waals surface area contributed by atoms with Gasteiger partial charge in [0.1, 0.15) is 17.1 Å². The molecule has 8 nitrogen and oxygen atoms in total. The Bertz CT molecular complexity index is 1060. The number of thioether (sulfide) groups is 1. The second-order valence-electron chi connectivity index (χ2n) is 7.09. The standard InChI is InChI=1S/C20H20N4O4S/c1-10-9-29-19-15(18(26)23(19)16(10)20(27)28)21-17(25)14-11(2)22-24(12(14)3)13-7-5-4-6-8-13/h4-8,15,19H,9H2,1-3H3,(H,21,25)(H,27,28)/t15-,19-/m0/s1. The number of nitrogens with zero attached hydrogens (tertiary/aromatic N) is 3. The van der Waals surface area contributed by atoms with Crippen LogP contribution in [-0.2, 0) is 9.59 Å². The number of β-lactam (4-membered cyclic amide) rings is 1. The number of hydrogen-bond donors (Lipinski definition) is 2. The van der Waals surface area contributed by atoms with E-state index in [9.17, 15) is 19.5 Å². The van der Waals surface area contributed by atoms with Gasteiger partial charge in [-0.2, -0.15) is 5.10 Å². The van der Waals surface area contributed by atoms with Crippen LogP contribution in [-0.4, -0.2) is 54.7 Å². The molecule has 150 valence electrons. The minimum absolute atomic E-state index is 0.0218. The van der Waals surface area contributed by atoms with Crippen molar-refractivity contribution in [1.29, 1.82) is 0 Å². The van der Waals surface area contributed by atoms with Crippen molar-refractivity contribution in [3.63, 3.8) is 0 Å². The molecular weight excluding hydrogens is 392 g/mol. The normalized spacial score (nSPS) is 20.9. The van der Waals surface area contributed by atoms with Gasteiger partial charge in [-0.05, 0) is 38.5 Å². The summed E-state index contributed by atoms with van der Waals surface area (Å²) in [4.78, 5) is 38.3. The van der Waals surface area contributed by atoms with Crippen LogP contribution >= 0.6 is 11.8 Å². The van der Waals surface area contributed by atoms with Crippen LogP contribution in [0.25, 0.3) is 5.69 Å². The molecule has 0 aliphatic carbocycles. The second-order valence-corrected chi connectivity index (χ2v) is 8.19. The van der Waals surface area contributed by atoms with Gasteiger partial charge in [0.2, 0.25) is 0 Å². The summed E-state index contributed by atoms with van der Waals surface area (Å²) in [7, 11) is 0. The Morgan fingerprint density at radius 2 is 1.90 bits per heavy atom. The van der Waals surface area contributed by atoms with Gasteiger partial charge < -0.3 is 10.4 Å². The first-order valence-corrected chi connectivity index (χ1v) is 10.2. The fourth-order valence-electron chi connectivity index (χ4n) is 3.78. The molecule has 0 unspecified atom stereocenters. The lowest BCUT2D eigenvalue weighted by atomic mass is 10.0. The van der Waals surface area contributed by atoms with E-state index < -0.39 is 23.3 Å². The molecule has 9 heteroatoms. The van der Waals surface area contributed by atoms with Crippen LogP contribution in [0, 0.1) is 13.8 Å². The molecule has 2 atom stereocenters. The predicted molar refractivity (Wildman–Crippen MR) is 108 cm³/mol. The van der Waals surface area contributed by atoms with Crippen LogP contribution in [0.15, 0.2) is 41.6 Å². The first kappa shape index (κ1) is 19.3. The van der Waals surface area contributed by atoms with E-state index in [1.807, 2.05) is 30.3 Å². The quantitative estimate of drug-likeness (QED) is 0.743. The third-order valence-corrected chi connectivity index (χ3v) is 6.59. The molecule has 1 aromatic heterocycles. The van der Waals surface area contributed by atoms with E-state index in [4.69, 9.17) is 0 Å². The second kappa shape index (κ2) is 7.07. The number of fused-ring (bicyclic) bond motifs is 1. The first-order chi connectivity index (χ1) is 13.8. The average molecular weight is 412 g/mol. The van der Waals surface area contributed by atoms with Crippen LogP contribution in [0.5, 0.6) is 0 Å². The topological polar surface area (TPSA) is 105 Å². The molecule has 0 bridgehead atoms. The van der Waals surface area contributed by atoms with Crippen LogP contribution in [0.3, 0.4) is 0 Å². The molecule has 0 radical (unpaired) electrons. The largest absolute Gasteiger partial charge is 0.477 e. The van der Waals surface area contributed by atoms with Gasteiger partial charge in [-0.25, -0.2) is 9.48 Å². The lowest BCUT2D eigenvalue weighted by molar-refractivity contribution is -0.148. The van der Waals surface area contributed by atoms with Crippen molar-refractivity contribution in [2.45, 2.75) is 32.2 Å². The van der Waals surface area contributed by atoms with Crippen LogP contribution < -0.4 is 5.32 Å². The Balaban J connectivity index is 1.57. The van der Waals surface area contributed by atoms with Gasteiger partial charge in [0, 0.05) is 5.75 Å². The number of carboxylic acid groups (broad SMARTS) is 1. The van der Waals surface area contributed by atoms with Gasteiger partial charge in [0.25, 0.3) is 11.8 Å². The van der Waals surface area contributed by atoms with Crippen LogP contribution in [0.4, 0.5) is 0 Å². The smallest absolute Gasteiger partial charge is 0.352 e. The molecule has 2 aliphatic rings. The van der Waals surface area contributed by atoms with E-state index in [1.165, 1.54) is 16.7 Å². The summed E-state index contributed by atoms with van der Waals surface area (Å²) in [5.74, 6) is -1.41. The molecule has 1 saturated heterocycles.